The summed E-state index contributed by atoms with van der Waals surface area (Å²) in [6.07, 6.45) is 0. The van der Waals surface area contributed by atoms with E-state index in [1.54, 1.807) is 6.92 Å². The zero-order valence-electron chi connectivity index (χ0n) is 9.56. The van der Waals surface area contributed by atoms with Crippen LogP contribution in [0.1, 0.15) is 12.7 Å². The second kappa shape index (κ2) is 5.30. The van der Waals surface area contributed by atoms with E-state index in [2.05, 4.69) is 10.6 Å². The molecule has 0 spiro atoms. The number of primary sulfonamides is 1. The summed E-state index contributed by atoms with van der Waals surface area (Å²) >= 11 is 0. The SMILES string of the molecule is CNC(=O)C(C)NCc1ccc(S(N)(=O)=O)o1. The molecule has 1 unspecified atom stereocenters. The number of hydrogen-bond donors (Lipinski definition) is 3. The quantitative estimate of drug-likeness (QED) is 0.639. The number of likely N-dealkylation sites (N-methyl/N-ethyl adjacent to an activating group) is 1. The molecule has 1 atom stereocenters. The highest BCUT2D eigenvalue weighted by Gasteiger charge is 2.14. The van der Waals surface area contributed by atoms with Gasteiger partial charge in [0.2, 0.25) is 11.0 Å². The molecule has 96 valence electrons. The highest BCUT2D eigenvalue weighted by Crippen LogP contribution is 2.11. The summed E-state index contributed by atoms with van der Waals surface area (Å²) in [6, 6.07) is 2.36. The highest BCUT2D eigenvalue weighted by molar-refractivity contribution is 7.89. The van der Waals surface area contributed by atoms with Crippen LogP contribution in [-0.2, 0) is 21.4 Å². The van der Waals surface area contributed by atoms with Gasteiger partial charge in [-0.15, -0.1) is 0 Å². The molecule has 8 heteroatoms. The van der Waals surface area contributed by atoms with Crippen molar-refractivity contribution in [2.24, 2.45) is 5.14 Å². The molecule has 0 aliphatic rings. The normalized spacial score (nSPS) is 13.4. The van der Waals surface area contributed by atoms with Crippen molar-refractivity contribution in [2.45, 2.75) is 24.6 Å². The molecule has 4 N–H and O–H groups in total. The number of amides is 1. The van der Waals surface area contributed by atoms with Crippen molar-refractivity contribution < 1.29 is 17.6 Å². The molecule has 1 rings (SSSR count). The first-order valence-corrected chi connectivity index (χ1v) is 6.45. The van der Waals surface area contributed by atoms with Crippen LogP contribution < -0.4 is 15.8 Å². The Kier molecular flexibility index (Phi) is 4.27. The fraction of sp³-hybridized carbons (Fsp3) is 0.444. The summed E-state index contributed by atoms with van der Waals surface area (Å²) < 4.78 is 26.9. The largest absolute Gasteiger partial charge is 0.447 e. The molecule has 0 saturated carbocycles. The third-order valence-electron chi connectivity index (χ3n) is 2.14. The highest BCUT2D eigenvalue weighted by atomic mass is 32.2. The number of carbonyl (C=O) groups is 1. The second-order valence-corrected chi connectivity index (χ2v) is 4.97. The van der Waals surface area contributed by atoms with Crippen LogP contribution in [0.3, 0.4) is 0 Å². The van der Waals surface area contributed by atoms with Crippen LogP contribution >= 0.6 is 0 Å². The predicted octanol–water partition coefficient (Wildman–Crippen LogP) is -0.849. The Morgan fingerprint density at radius 1 is 1.53 bits per heavy atom. The first kappa shape index (κ1) is 13.7. The Morgan fingerprint density at radius 2 is 2.18 bits per heavy atom. The van der Waals surface area contributed by atoms with Gasteiger partial charge in [-0.05, 0) is 19.1 Å². The van der Waals surface area contributed by atoms with Crippen LogP contribution in [-0.4, -0.2) is 27.4 Å². The van der Waals surface area contributed by atoms with Gasteiger partial charge < -0.3 is 9.73 Å². The Hall–Kier alpha value is -1.38. The lowest BCUT2D eigenvalue weighted by Gasteiger charge is -2.10. The van der Waals surface area contributed by atoms with E-state index < -0.39 is 16.1 Å². The van der Waals surface area contributed by atoms with Crippen molar-refractivity contribution in [3.05, 3.63) is 17.9 Å². The average molecular weight is 261 g/mol. The predicted molar refractivity (Wildman–Crippen MR) is 60.4 cm³/mol. The number of nitrogens with two attached hydrogens (primary N) is 1. The third-order valence-corrected chi connectivity index (χ3v) is 2.92. The molecule has 0 bridgehead atoms. The van der Waals surface area contributed by atoms with Crippen LogP contribution in [0.2, 0.25) is 0 Å². The van der Waals surface area contributed by atoms with Gasteiger partial charge in [-0.25, -0.2) is 13.6 Å². The summed E-state index contributed by atoms with van der Waals surface area (Å²) in [5.41, 5.74) is 0. The number of hydrogen-bond acceptors (Lipinski definition) is 5. The van der Waals surface area contributed by atoms with Crippen LogP contribution in [0.4, 0.5) is 0 Å². The molecular formula is C9H15N3O4S. The topological polar surface area (TPSA) is 114 Å². The van der Waals surface area contributed by atoms with Crippen molar-refractivity contribution >= 4 is 15.9 Å². The van der Waals surface area contributed by atoms with E-state index in [-0.39, 0.29) is 17.5 Å². The summed E-state index contributed by atoms with van der Waals surface area (Å²) in [6.45, 7) is 1.92. The number of furan rings is 1. The maximum atomic E-state index is 11.2. The lowest BCUT2D eigenvalue weighted by Crippen LogP contribution is -2.40. The maximum absolute atomic E-state index is 11.2. The summed E-state index contributed by atoms with van der Waals surface area (Å²) in [5, 5.41) is 9.96. The van der Waals surface area contributed by atoms with Crippen molar-refractivity contribution in [3.63, 3.8) is 0 Å². The molecule has 17 heavy (non-hydrogen) atoms. The Morgan fingerprint density at radius 3 is 2.65 bits per heavy atom. The van der Waals surface area contributed by atoms with Gasteiger partial charge in [0.1, 0.15) is 5.76 Å². The average Bonchev–Trinajstić information content (AvgIpc) is 2.72. The molecule has 0 saturated heterocycles. The zero-order valence-corrected chi connectivity index (χ0v) is 10.4. The molecule has 1 aromatic heterocycles. The fourth-order valence-corrected chi connectivity index (χ4v) is 1.65. The van der Waals surface area contributed by atoms with E-state index >= 15 is 0 Å². The molecule has 7 nitrogen and oxygen atoms in total. The third kappa shape index (κ3) is 3.84. The van der Waals surface area contributed by atoms with Gasteiger partial charge in [-0.3, -0.25) is 10.1 Å². The molecular weight excluding hydrogens is 246 g/mol. The Labute approximate surface area is 99.4 Å². The van der Waals surface area contributed by atoms with Gasteiger partial charge in [-0.1, -0.05) is 0 Å². The van der Waals surface area contributed by atoms with E-state index in [1.807, 2.05) is 0 Å². The van der Waals surface area contributed by atoms with Gasteiger partial charge in [0.15, 0.2) is 0 Å². The smallest absolute Gasteiger partial charge is 0.271 e. The van der Waals surface area contributed by atoms with E-state index in [0.29, 0.717) is 5.76 Å². The summed E-state index contributed by atoms with van der Waals surface area (Å²) in [5.74, 6) is 0.230. The molecule has 0 aliphatic heterocycles. The minimum absolute atomic E-state index is 0.164. The van der Waals surface area contributed by atoms with Gasteiger partial charge in [0.25, 0.3) is 10.0 Å². The fourth-order valence-electron chi connectivity index (χ4n) is 1.17. The standard InChI is InChI=1S/C9H15N3O4S/c1-6(9(13)11-2)12-5-7-3-4-8(16-7)17(10,14)15/h3-4,6,12H,5H2,1-2H3,(H,11,13)(H2,10,14,15). The first-order chi connectivity index (χ1) is 7.84. The van der Waals surface area contributed by atoms with Crippen LogP contribution in [0.5, 0.6) is 0 Å². The molecule has 1 heterocycles. The van der Waals surface area contributed by atoms with Gasteiger partial charge in [0, 0.05) is 7.05 Å². The minimum atomic E-state index is -3.82. The monoisotopic (exact) mass is 261 g/mol. The number of sulfonamides is 1. The van der Waals surface area contributed by atoms with Crippen molar-refractivity contribution in [2.75, 3.05) is 7.05 Å². The van der Waals surface area contributed by atoms with Gasteiger partial charge in [-0.2, -0.15) is 0 Å². The summed E-state index contributed by atoms with van der Waals surface area (Å²) in [7, 11) is -2.28. The first-order valence-electron chi connectivity index (χ1n) is 4.91. The molecule has 0 aromatic carbocycles. The second-order valence-electron chi connectivity index (χ2n) is 3.48. The van der Waals surface area contributed by atoms with Crippen LogP contribution in [0, 0.1) is 0 Å². The van der Waals surface area contributed by atoms with Crippen molar-refractivity contribution in [3.8, 4) is 0 Å². The van der Waals surface area contributed by atoms with Gasteiger partial charge >= 0.3 is 0 Å². The van der Waals surface area contributed by atoms with Gasteiger partial charge in [0.05, 0.1) is 12.6 Å². The van der Waals surface area contributed by atoms with Crippen LogP contribution in [0.25, 0.3) is 0 Å². The van der Waals surface area contributed by atoms with E-state index in [0.717, 1.165) is 0 Å². The van der Waals surface area contributed by atoms with Crippen molar-refractivity contribution in [1.29, 1.82) is 0 Å². The maximum Gasteiger partial charge on any atom is 0.271 e. The Bertz CT molecular complexity index is 494. The molecule has 0 radical (unpaired) electrons. The van der Waals surface area contributed by atoms with E-state index in [9.17, 15) is 13.2 Å². The molecule has 1 aromatic rings. The van der Waals surface area contributed by atoms with Crippen molar-refractivity contribution in [1.82, 2.24) is 10.6 Å². The van der Waals surface area contributed by atoms with E-state index in [1.165, 1.54) is 19.2 Å². The van der Waals surface area contributed by atoms with E-state index in [4.69, 9.17) is 9.56 Å². The minimum Gasteiger partial charge on any atom is -0.447 e. The molecule has 0 fully saturated rings. The lowest BCUT2D eigenvalue weighted by atomic mass is 10.3. The number of nitrogens with one attached hydrogen (secondary N) is 2. The zero-order chi connectivity index (χ0) is 13.1. The molecule has 1 amide bonds. The molecule has 0 aliphatic carbocycles. The lowest BCUT2D eigenvalue weighted by molar-refractivity contribution is -0.122. The Balaban J connectivity index is 2.59. The number of rotatable bonds is 5. The number of carbonyl (C=O) groups excluding carboxylic acids is 1. The summed E-state index contributed by atoms with van der Waals surface area (Å²) in [4.78, 5) is 11.2. The van der Waals surface area contributed by atoms with Crippen LogP contribution in [0.15, 0.2) is 21.6 Å².